The summed E-state index contributed by atoms with van der Waals surface area (Å²) < 4.78 is 48.3. The molecule has 5 rings (SSSR count). The Morgan fingerprint density at radius 2 is 1.76 bits per heavy atom. The van der Waals surface area contributed by atoms with Gasteiger partial charge in [-0.15, -0.1) is 0 Å². The number of ether oxygens (including phenoxy) is 1. The van der Waals surface area contributed by atoms with Crippen LogP contribution in [0.4, 0.5) is 8.78 Å². The van der Waals surface area contributed by atoms with Gasteiger partial charge in [-0.05, 0) is 48.4 Å². The van der Waals surface area contributed by atoms with E-state index in [-0.39, 0.29) is 40.6 Å². The van der Waals surface area contributed by atoms with E-state index in [1.54, 1.807) is 30.3 Å². The number of halogens is 3. The SMILES string of the molecule is Cc1oc(=O)oc1COC(=O)C(O)CN(Cc1ccc(-c2cc(Cl)ccc2F)cc1)NC(=O)c1cc(-c2ccccc2F)no1. The maximum Gasteiger partial charge on any atom is 0.519 e. The van der Waals surface area contributed by atoms with Crippen LogP contribution in [0.2, 0.25) is 5.02 Å². The van der Waals surface area contributed by atoms with E-state index in [0.29, 0.717) is 16.1 Å². The number of esters is 1. The van der Waals surface area contributed by atoms with E-state index in [1.807, 2.05) is 0 Å². The van der Waals surface area contributed by atoms with Crippen LogP contribution in [0.3, 0.4) is 0 Å². The third-order valence-corrected chi connectivity index (χ3v) is 6.79. The molecule has 2 heterocycles. The average Bonchev–Trinajstić information content (AvgIpc) is 3.63. The first-order valence-electron chi connectivity index (χ1n) is 13.3. The van der Waals surface area contributed by atoms with Gasteiger partial charge in [0.2, 0.25) is 5.76 Å². The average molecular weight is 640 g/mol. The summed E-state index contributed by atoms with van der Waals surface area (Å²) in [4.78, 5) is 36.9. The summed E-state index contributed by atoms with van der Waals surface area (Å²) in [5.74, 6) is -4.07. The Hall–Kier alpha value is -5.11. The van der Waals surface area contributed by atoms with Crippen molar-refractivity contribution in [3.63, 3.8) is 0 Å². The number of aromatic nitrogens is 1. The number of hydrazine groups is 1. The number of rotatable bonds is 11. The third-order valence-electron chi connectivity index (χ3n) is 6.56. The molecule has 0 saturated heterocycles. The highest BCUT2D eigenvalue weighted by molar-refractivity contribution is 6.30. The Kier molecular flexibility index (Phi) is 9.52. The van der Waals surface area contributed by atoms with Gasteiger partial charge >= 0.3 is 17.7 Å². The van der Waals surface area contributed by atoms with Crippen LogP contribution in [0.1, 0.15) is 27.6 Å². The number of carbonyl (C=O) groups is 2. The van der Waals surface area contributed by atoms with E-state index < -0.39 is 48.6 Å². The number of aryl methyl sites for hydroxylation is 1. The molecule has 1 amide bonds. The molecule has 45 heavy (non-hydrogen) atoms. The first-order valence-corrected chi connectivity index (χ1v) is 13.7. The van der Waals surface area contributed by atoms with E-state index in [1.165, 1.54) is 54.4 Å². The lowest BCUT2D eigenvalue weighted by Gasteiger charge is -2.24. The Morgan fingerprint density at radius 3 is 2.47 bits per heavy atom. The number of carbonyl (C=O) groups excluding carboxylic acids is 2. The summed E-state index contributed by atoms with van der Waals surface area (Å²) in [6.07, 6.45) is -1.77. The van der Waals surface area contributed by atoms with Crippen LogP contribution < -0.4 is 11.2 Å². The van der Waals surface area contributed by atoms with Crippen molar-refractivity contribution in [3.8, 4) is 22.4 Å². The highest BCUT2D eigenvalue weighted by Gasteiger charge is 2.25. The summed E-state index contributed by atoms with van der Waals surface area (Å²) in [5.41, 5.74) is 4.18. The van der Waals surface area contributed by atoms with Gasteiger partial charge in [-0.25, -0.2) is 23.4 Å². The fourth-order valence-corrected chi connectivity index (χ4v) is 4.45. The molecule has 0 spiro atoms. The first-order chi connectivity index (χ1) is 21.6. The minimum atomic E-state index is -1.77. The Labute approximate surface area is 258 Å². The van der Waals surface area contributed by atoms with Gasteiger partial charge in [-0.2, -0.15) is 0 Å². The second-order valence-corrected chi connectivity index (χ2v) is 10.2. The quantitative estimate of drug-likeness (QED) is 0.149. The van der Waals surface area contributed by atoms with Crippen molar-refractivity contribution >= 4 is 23.5 Å². The monoisotopic (exact) mass is 639 g/mol. The van der Waals surface area contributed by atoms with Crippen molar-refractivity contribution < 1.29 is 41.6 Å². The summed E-state index contributed by atoms with van der Waals surface area (Å²) in [7, 11) is 0. The third kappa shape index (κ3) is 7.70. The van der Waals surface area contributed by atoms with Gasteiger partial charge in [0.1, 0.15) is 17.3 Å². The molecule has 0 aliphatic heterocycles. The number of hydrogen-bond donors (Lipinski definition) is 2. The number of aliphatic hydroxyl groups is 1. The minimum absolute atomic E-state index is 0.0297. The Morgan fingerprint density at radius 1 is 1.02 bits per heavy atom. The zero-order valence-electron chi connectivity index (χ0n) is 23.5. The predicted molar refractivity (Wildman–Crippen MR) is 154 cm³/mol. The number of benzene rings is 3. The summed E-state index contributed by atoms with van der Waals surface area (Å²) >= 11 is 6.02. The lowest BCUT2D eigenvalue weighted by molar-refractivity contribution is -0.157. The van der Waals surface area contributed by atoms with Crippen molar-refractivity contribution in [2.45, 2.75) is 26.2 Å². The van der Waals surface area contributed by atoms with Crippen molar-refractivity contribution in [2.75, 3.05) is 6.54 Å². The van der Waals surface area contributed by atoms with E-state index >= 15 is 0 Å². The number of aliphatic hydroxyl groups excluding tert-OH is 1. The standard InChI is InChI=1S/C31H24ClF2N3O8/c1-17-28(44-31(41)43-17)16-42-30(40)26(38)15-37(14-18-6-8-19(9-7-18)22-12-20(32)10-11-24(22)34)35-29(39)27-13-25(36-45-27)21-4-2-3-5-23(21)33/h2-13,26,38H,14-16H2,1H3,(H,35,39). The zero-order chi connectivity index (χ0) is 32.1. The topological polar surface area (TPSA) is 148 Å². The van der Waals surface area contributed by atoms with E-state index in [0.717, 1.165) is 0 Å². The number of nitrogens with zero attached hydrogens (tertiary/aromatic N) is 2. The molecule has 0 bridgehead atoms. The highest BCUT2D eigenvalue weighted by atomic mass is 35.5. The first kappa shape index (κ1) is 31.3. The van der Waals surface area contributed by atoms with Crippen LogP contribution in [0.25, 0.3) is 22.4 Å². The summed E-state index contributed by atoms with van der Waals surface area (Å²) in [5, 5.41) is 16.0. The van der Waals surface area contributed by atoms with Crippen molar-refractivity contribution in [1.82, 2.24) is 15.6 Å². The number of amides is 1. The van der Waals surface area contributed by atoms with Crippen molar-refractivity contribution in [2.24, 2.45) is 0 Å². The van der Waals surface area contributed by atoms with E-state index in [2.05, 4.69) is 10.6 Å². The number of hydrogen-bond acceptors (Lipinski definition) is 10. The van der Waals surface area contributed by atoms with Crippen LogP contribution in [0.15, 0.2) is 90.9 Å². The summed E-state index contributed by atoms with van der Waals surface area (Å²) in [6.45, 7) is 0.462. The maximum atomic E-state index is 14.4. The molecule has 2 aromatic heterocycles. The van der Waals surface area contributed by atoms with Crippen molar-refractivity contribution in [3.05, 3.63) is 123 Å². The van der Waals surface area contributed by atoms with Gasteiger partial charge in [0.15, 0.2) is 24.2 Å². The molecule has 1 unspecified atom stereocenters. The molecule has 0 fully saturated rings. The molecular weight excluding hydrogens is 616 g/mol. The van der Waals surface area contributed by atoms with Crippen LogP contribution in [-0.2, 0) is 22.7 Å². The van der Waals surface area contributed by atoms with Crippen LogP contribution in [0, 0.1) is 18.6 Å². The molecule has 14 heteroatoms. The molecule has 11 nitrogen and oxygen atoms in total. The fraction of sp³-hybridized carbons (Fsp3) is 0.161. The van der Waals surface area contributed by atoms with Crippen LogP contribution >= 0.6 is 11.6 Å². The Balaban J connectivity index is 1.32. The molecule has 0 aliphatic rings. The molecule has 5 aromatic rings. The van der Waals surface area contributed by atoms with Gasteiger partial charge in [0.05, 0.1) is 6.54 Å². The van der Waals surface area contributed by atoms with Gasteiger partial charge in [-0.1, -0.05) is 53.2 Å². The predicted octanol–water partition coefficient (Wildman–Crippen LogP) is 5.05. The van der Waals surface area contributed by atoms with Crippen molar-refractivity contribution in [1.29, 1.82) is 0 Å². The van der Waals surface area contributed by atoms with Crippen LogP contribution in [-0.4, -0.2) is 39.8 Å². The smallest absolute Gasteiger partial charge is 0.455 e. The molecule has 1 atom stereocenters. The second kappa shape index (κ2) is 13.7. The molecule has 0 saturated carbocycles. The largest absolute Gasteiger partial charge is 0.519 e. The minimum Gasteiger partial charge on any atom is -0.455 e. The van der Waals surface area contributed by atoms with Crippen LogP contribution in [0.5, 0.6) is 0 Å². The highest BCUT2D eigenvalue weighted by Crippen LogP contribution is 2.27. The molecule has 232 valence electrons. The molecular formula is C31H24ClF2N3O8. The van der Waals surface area contributed by atoms with E-state index in [4.69, 9.17) is 29.7 Å². The Bertz CT molecular complexity index is 1890. The van der Waals surface area contributed by atoms with Gasteiger partial charge in [-0.3, -0.25) is 10.2 Å². The van der Waals surface area contributed by atoms with Gasteiger partial charge in [0.25, 0.3) is 0 Å². The van der Waals surface area contributed by atoms with Gasteiger partial charge in [0, 0.05) is 28.8 Å². The normalized spacial score (nSPS) is 11.9. The molecule has 0 radical (unpaired) electrons. The fourth-order valence-electron chi connectivity index (χ4n) is 4.28. The maximum absolute atomic E-state index is 14.4. The summed E-state index contributed by atoms with van der Waals surface area (Å²) in [6, 6.07) is 17.8. The molecule has 0 aliphatic carbocycles. The van der Waals surface area contributed by atoms with Gasteiger partial charge < -0.3 is 23.2 Å². The lowest BCUT2D eigenvalue weighted by atomic mass is 10.0. The molecule has 3 aromatic carbocycles. The van der Waals surface area contributed by atoms with E-state index in [9.17, 15) is 28.3 Å². The molecule has 2 N–H and O–H groups in total. The second-order valence-electron chi connectivity index (χ2n) is 9.76. The number of nitrogens with one attached hydrogen (secondary N) is 1. The lowest BCUT2D eigenvalue weighted by Crippen LogP contribution is -2.47. The zero-order valence-corrected chi connectivity index (χ0v) is 24.2.